The first-order valence-corrected chi connectivity index (χ1v) is 9.66. The van der Waals surface area contributed by atoms with Crippen LogP contribution in [0.25, 0.3) is 0 Å². The molecule has 170 valence electrons. The van der Waals surface area contributed by atoms with Crippen molar-refractivity contribution in [3.05, 3.63) is 34.4 Å². The molecule has 0 aliphatic rings. The van der Waals surface area contributed by atoms with Crippen molar-refractivity contribution in [3.63, 3.8) is 0 Å². The monoisotopic (exact) mass is 430 g/mol. The van der Waals surface area contributed by atoms with Gasteiger partial charge in [-0.3, -0.25) is 0 Å². The molecule has 1 aromatic rings. The fraction of sp³-hybridized carbons (Fsp3) is 0.600. The van der Waals surface area contributed by atoms with E-state index >= 15 is 0 Å². The summed E-state index contributed by atoms with van der Waals surface area (Å²) in [6.45, 7) is 2.01. The van der Waals surface area contributed by atoms with Gasteiger partial charge < -0.3 is 39.4 Å². The van der Waals surface area contributed by atoms with Crippen LogP contribution in [0.4, 0.5) is 0 Å². The van der Waals surface area contributed by atoms with E-state index in [4.69, 9.17) is 29.2 Å². The maximum atomic E-state index is 11.7. The van der Waals surface area contributed by atoms with Gasteiger partial charge in [0.25, 0.3) is 0 Å². The van der Waals surface area contributed by atoms with E-state index < -0.39 is 11.9 Å². The second-order valence-electron chi connectivity index (χ2n) is 6.17. The first-order chi connectivity index (χ1) is 14.5. The molecule has 10 nitrogen and oxygen atoms in total. The molecular weight excluding hydrogens is 400 g/mol. The molecule has 0 fully saturated rings. The van der Waals surface area contributed by atoms with E-state index in [2.05, 4.69) is 0 Å². The van der Waals surface area contributed by atoms with E-state index in [1.165, 1.54) is 6.07 Å². The van der Waals surface area contributed by atoms with E-state index in [1.54, 1.807) is 0 Å². The summed E-state index contributed by atoms with van der Waals surface area (Å²) in [5, 5.41) is 36.1. The summed E-state index contributed by atoms with van der Waals surface area (Å²) in [7, 11) is 0. The van der Waals surface area contributed by atoms with Crippen molar-refractivity contribution in [2.24, 2.45) is 0 Å². The number of hydrogen-bond acceptors (Lipinski definition) is 8. The van der Waals surface area contributed by atoms with E-state index in [-0.39, 0.29) is 57.2 Å². The Balaban J connectivity index is 2.75. The molecule has 0 heterocycles. The molecule has 1 rings (SSSR count). The fourth-order valence-electron chi connectivity index (χ4n) is 2.69. The molecule has 0 unspecified atom stereocenters. The minimum Gasteiger partial charge on any atom is -0.478 e. The molecule has 0 saturated heterocycles. The van der Waals surface area contributed by atoms with Gasteiger partial charge in [0.2, 0.25) is 0 Å². The highest BCUT2D eigenvalue weighted by Gasteiger charge is 2.18. The third-order valence-corrected chi connectivity index (χ3v) is 4.05. The zero-order valence-electron chi connectivity index (χ0n) is 16.9. The number of carbonyl (C=O) groups is 2. The third-order valence-electron chi connectivity index (χ3n) is 4.05. The summed E-state index contributed by atoms with van der Waals surface area (Å²) in [5.74, 6) is -2.42. The van der Waals surface area contributed by atoms with Gasteiger partial charge in [0.05, 0.1) is 77.2 Å². The van der Waals surface area contributed by atoms with Gasteiger partial charge in [0, 0.05) is 0 Å². The maximum absolute atomic E-state index is 11.7. The second-order valence-corrected chi connectivity index (χ2v) is 6.17. The zero-order chi connectivity index (χ0) is 22.2. The fourth-order valence-corrected chi connectivity index (χ4v) is 2.69. The SMILES string of the molecule is O=C(O)c1cc(CCOCCOCCO)c(CCOCCOCCO)c(C(=O)O)c1. The lowest BCUT2D eigenvalue weighted by Crippen LogP contribution is -2.15. The van der Waals surface area contributed by atoms with Gasteiger partial charge in [0.1, 0.15) is 0 Å². The Labute approximate surface area is 174 Å². The maximum Gasteiger partial charge on any atom is 0.335 e. The molecular formula is C20H30O10. The van der Waals surface area contributed by atoms with Gasteiger partial charge >= 0.3 is 11.9 Å². The average Bonchev–Trinajstić information content (AvgIpc) is 2.72. The number of rotatable bonds is 18. The van der Waals surface area contributed by atoms with Crippen LogP contribution in [0.3, 0.4) is 0 Å². The standard InChI is InChI=1S/C20H30O10/c21-3-7-29-11-9-27-5-1-15-13-16(19(23)24)14-18(20(25)26)17(15)2-6-28-10-12-30-8-4-22/h13-14,21-22H,1-12H2,(H,23,24)(H,25,26). The second kappa shape index (κ2) is 15.7. The van der Waals surface area contributed by atoms with Crippen molar-refractivity contribution in [1.29, 1.82) is 0 Å². The summed E-state index contributed by atoms with van der Waals surface area (Å²) in [6.07, 6.45) is 0.618. The molecule has 0 aliphatic carbocycles. The van der Waals surface area contributed by atoms with Crippen LogP contribution >= 0.6 is 0 Å². The number of carboxylic acids is 2. The average molecular weight is 430 g/mol. The Kier molecular flexibility index (Phi) is 13.6. The highest BCUT2D eigenvalue weighted by molar-refractivity contribution is 5.95. The molecule has 0 spiro atoms. The predicted octanol–water partition coefficient (Wildman–Crippen LogP) is 0.219. The smallest absolute Gasteiger partial charge is 0.335 e. The molecule has 10 heteroatoms. The van der Waals surface area contributed by atoms with Crippen LogP contribution in [0.5, 0.6) is 0 Å². The molecule has 1 aromatic carbocycles. The lowest BCUT2D eigenvalue weighted by molar-refractivity contribution is 0.0330. The lowest BCUT2D eigenvalue weighted by atomic mass is 9.93. The molecule has 0 aromatic heterocycles. The topological polar surface area (TPSA) is 152 Å². The molecule has 0 saturated carbocycles. The van der Waals surface area contributed by atoms with Crippen molar-refractivity contribution in [1.82, 2.24) is 0 Å². The van der Waals surface area contributed by atoms with Crippen molar-refractivity contribution in [2.75, 3.05) is 66.1 Å². The summed E-state index contributed by atoms with van der Waals surface area (Å²) < 4.78 is 21.1. The lowest BCUT2D eigenvalue weighted by Gasteiger charge is -2.15. The van der Waals surface area contributed by atoms with Gasteiger partial charge in [-0.05, 0) is 36.1 Å². The van der Waals surface area contributed by atoms with Gasteiger partial charge in [-0.1, -0.05) is 0 Å². The normalized spacial score (nSPS) is 11.0. The molecule has 0 radical (unpaired) electrons. The summed E-state index contributed by atoms with van der Waals surface area (Å²) in [6, 6.07) is 2.61. The van der Waals surface area contributed by atoms with Gasteiger partial charge in [-0.15, -0.1) is 0 Å². The van der Waals surface area contributed by atoms with Crippen LogP contribution < -0.4 is 0 Å². The highest BCUT2D eigenvalue weighted by Crippen LogP contribution is 2.20. The van der Waals surface area contributed by atoms with Gasteiger partial charge in [0.15, 0.2) is 0 Å². The van der Waals surface area contributed by atoms with Crippen molar-refractivity contribution in [3.8, 4) is 0 Å². The third kappa shape index (κ3) is 10.1. The summed E-state index contributed by atoms with van der Waals surface area (Å²) in [5.41, 5.74) is 0.902. The molecule has 0 atom stereocenters. The Morgan fingerprint density at radius 2 is 1.17 bits per heavy atom. The van der Waals surface area contributed by atoms with Crippen LogP contribution in [-0.2, 0) is 31.8 Å². The van der Waals surface area contributed by atoms with E-state index in [0.29, 0.717) is 44.0 Å². The first-order valence-electron chi connectivity index (χ1n) is 9.66. The molecule has 4 N–H and O–H groups in total. The van der Waals surface area contributed by atoms with Crippen molar-refractivity contribution < 1.29 is 49.0 Å². The molecule has 30 heavy (non-hydrogen) atoms. The number of aliphatic hydroxyl groups is 2. The Hall–Kier alpha value is -2.08. The van der Waals surface area contributed by atoms with E-state index in [9.17, 15) is 19.8 Å². The Morgan fingerprint density at radius 1 is 0.667 bits per heavy atom. The van der Waals surface area contributed by atoms with Crippen molar-refractivity contribution in [2.45, 2.75) is 12.8 Å². The van der Waals surface area contributed by atoms with Crippen LogP contribution in [0.15, 0.2) is 12.1 Å². The van der Waals surface area contributed by atoms with Gasteiger partial charge in [-0.25, -0.2) is 9.59 Å². The molecule has 0 aliphatic heterocycles. The summed E-state index contributed by atoms with van der Waals surface area (Å²) in [4.78, 5) is 23.1. The number of aromatic carboxylic acids is 2. The Morgan fingerprint density at radius 3 is 1.63 bits per heavy atom. The largest absolute Gasteiger partial charge is 0.478 e. The van der Waals surface area contributed by atoms with Crippen LogP contribution in [0.1, 0.15) is 31.8 Å². The number of benzene rings is 1. The van der Waals surface area contributed by atoms with Crippen molar-refractivity contribution >= 4 is 11.9 Å². The van der Waals surface area contributed by atoms with Gasteiger partial charge in [-0.2, -0.15) is 0 Å². The van der Waals surface area contributed by atoms with Crippen LogP contribution in [0.2, 0.25) is 0 Å². The number of carboxylic acid groups (broad SMARTS) is 2. The number of hydrogen-bond donors (Lipinski definition) is 4. The predicted molar refractivity (Wildman–Crippen MR) is 105 cm³/mol. The molecule has 0 bridgehead atoms. The zero-order valence-corrected chi connectivity index (χ0v) is 16.9. The molecule has 0 amide bonds. The Bertz CT molecular complexity index is 647. The summed E-state index contributed by atoms with van der Waals surface area (Å²) >= 11 is 0. The van der Waals surface area contributed by atoms with E-state index in [0.717, 1.165) is 6.07 Å². The number of ether oxygens (including phenoxy) is 4. The highest BCUT2D eigenvalue weighted by atomic mass is 16.5. The van der Waals surface area contributed by atoms with Crippen LogP contribution in [0, 0.1) is 0 Å². The van der Waals surface area contributed by atoms with E-state index in [1.807, 2.05) is 0 Å². The quantitative estimate of drug-likeness (QED) is 0.238. The minimum atomic E-state index is -1.21. The van der Waals surface area contributed by atoms with Crippen LogP contribution in [-0.4, -0.2) is 98.4 Å². The first kappa shape index (κ1) is 26.0. The minimum absolute atomic E-state index is 0.0705. The number of aliphatic hydroxyl groups excluding tert-OH is 2.